The molecule has 1 heterocycles. The Kier molecular flexibility index (Phi) is 8.27. The highest BCUT2D eigenvalue weighted by Crippen LogP contribution is 2.24. The third-order valence-corrected chi connectivity index (χ3v) is 5.20. The average molecular weight is 492 g/mol. The number of hydrogen-bond acceptors (Lipinski definition) is 4. The number of anilines is 2. The van der Waals surface area contributed by atoms with Gasteiger partial charge in [0.1, 0.15) is 0 Å². The van der Waals surface area contributed by atoms with Gasteiger partial charge in [-0.15, -0.1) is 0 Å². The fourth-order valence-electron chi connectivity index (χ4n) is 2.79. The maximum absolute atomic E-state index is 12.5. The van der Waals surface area contributed by atoms with Gasteiger partial charge in [-0.2, -0.15) is 0 Å². The molecule has 0 radical (unpaired) electrons. The van der Waals surface area contributed by atoms with Crippen LogP contribution in [0.1, 0.15) is 17.0 Å². The van der Waals surface area contributed by atoms with Gasteiger partial charge in [-0.25, -0.2) is 14.8 Å². The molecule has 7 nitrogen and oxygen atoms in total. The zero-order valence-corrected chi connectivity index (χ0v) is 19.7. The first-order chi connectivity index (χ1) is 15.3. The molecule has 0 unspecified atom stereocenters. The summed E-state index contributed by atoms with van der Waals surface area (Å²) >= 11 is 17.9. The Labute approximate surface area is 201 Å². The molecule has 0 aliphatic carbocycles. The van der Waals surface area contributed by atoms with E-state index in [2.05, 4.69) is 30.9 Å². The van der Waals surface area contributed by atoms with Crippen LogP contribution in [0.5, 0.6) is 0 Å². The van der Waals surface area contributed by atoms with Crippen LogP contribution in [-0.2, 0) is 6.42 Å². The molecule has 0 saturated heterocycles. The first-order valence-corrected chi connectivity index (χ1v) is 10.8. The van der Waals surface area contributed by atoms with Crippen molar-refractivity contribution in [2.24, 2.45) is 4.99 Å². The minimum Gasteiger partial charge on any atom is -0.308 e. The zero-order valence-electron chi connectivity index (χ0n) is 17.4. The van der Waals surface area contributed by atoms with Crippen LogP contribution in [0.3, 0.4) is 0 Å². The second kappa shape index (κ2) is 11.1. The molecule has 0 aliphatic rings. The third-order valence-electron chi connectivity index (χ3n) is 4.21. The van der Waals surface area contributed by atoms with Gasteiger partial charge in [0.2, 0.25) is 11.9 Å². The number of hydrogen-bond donors (Lipinski definition) is 3. The van der Waals surface area contributed by atoms with E-state index in [1.807, 2.05) is 44.2 Å². The van der Waals surface area contributed by atoms with Crippen molar-refractivity contribution in [1.82, 2.24) is 15.3 Å². The molecular formula is C22H21Cl3N6O. The fraction of sp³-hybridized carbons (Fsp3) is 0.182. The lowest BCUT2D eigenvalue weighted by Gasteiger charge is -2.13. The van der Waals surface area contributed by atoms with Crippen LogP contribution in [0.2, 0.25) is 15.1 Å². The van der Waals surface area contributed by atoms with Crippen molar-refractivity contribution in [1.29, 1.82) is 0 Å². The summed E-state index contributed by atoms with van der Waals surface area (Å²) in [6.45, 7) is 4.14. The minimum atomic E-state index is -0.509. The molecule has 1 aromatic heterocycles. The Morgan fingerprint density at radius 3 is 2.25 bits per heavy atom. The number of amides is 2. The van der Waals surface area contributed by atoms with Crippen LogP contribution >= 0.6 is 34.8 Å². The van der Waals surface area contributed by atoms with E-state index in [1.165, 1.54) is 0 Å². The van der Waals surface area contributed by atoms with E-state index in [1.54, 1.807) is 18.2 Å². The molecule has 32 heavy (non-hydrogen) atoms. The van der Waals surface area contributed by atoms with Gasteiger partial charge in [-0.05, 0) is 62.2 Å². The number of rotatable bonds is 5. The molecular weight excluding hydrogens is 471 g/mol. The van der Waals surface area contributed by atoms with Crippen LogP contribution < -0.4 is 16.0 Å². The number of carbonyl (C=O) groups excluding carboxylic acids is 1. The highest BCUT2D eigenvalue weighted by atomic mass is 35.5. The molecule has 166 valence electrons. The number of guanidine groups is 1. The van der Waals surface area contributed by atoms with Crippen LogP contribution in [0, 0.1) is 13.8 Å². The Balaban J connectivity index is 1.72. The smallest absolute Gasteiger partial charge is 0.308 e. The molecule has 2 amide bonds. The van der Waals surface area contributed by atoms with Gasteiger partial charge >= 0.3 is 6.03 Å². The summed E-state index contributed by atoms with van der Waals surface area (Å²) in [4.78, 5) is 25.7. The number of aliphatic imine (C=N–C) groups is 1. The van der Waals surface area contributed by atoms with Gasteiger partial charge in [-0.1, -0.05) is 46.9 Å². The number of benzene rings is 2. The number of carbonyl (C=O) groups is 1. The van der Waals surface area contributed by atoms with Crippen molar-refractivity contribution in [3.8, 4) is 0 Å². The summed E-state index contributed by atoms with van der Waals surface area (Å²) < 4.78 is 0. The summed E-state index contributed by atoms with van der Waals surface area (Å²) in [6, 6.07) is 13.7. The van der Waals surface area contributed by atoms with Gasteiger partial charge in [-0.3, -0.25) is 15.6 Å². The summed E-state index contributed by atoms with van der Waals surface area (Å²) in [5, 5.41) is 9.78. The average Bonchev–Trinajstić information content (AvgIpc) is 2.71. The molecule has 0 fully saturated rings. The van der Waals surface area contributed by atoms with Crippen LogP contribution in [0.15, 0.2) is 53.5 Å². The normalized spacial score (nSPS) is 11.2. The van der Waals surface area contributed by atoms with E-state index >= 15 is 0 Å². The predicted octanol–water partition coefficient (Wildman–Crippen LogP) is 5.89. The Morgan fingerprint density at radius 2 is 1.59 bits per heavy atom. The number of urea groups is 1. The molecule has 0 saturated carbocycles. The van der Waals surface area contributed by atoms with Gasteiger partial charge < -0.3 is 5.32 Å². The number of nitrogens with one attached hydrogen (secondary N) is 3. The SMILES string of the molecule is Cc1cc(C)nc(NC(=NCCc2ccc(Cl)cc2)NC(=O)Nc2ccc(Cl)c(Cl)c2)n1. The van der Waals surface area contributed by atoms with Gasteiger partial charge in [0, 0.05) is 28.6 Å². The van der Waals surface area contributed by atoms with Crippen molar-refractivity contribution >= 4 is 58.4 Å². The molecule has 2 aromatic carbocycles. The molecule has 3 rings (SSSR count). The molecule has 0 atom stereocenters. The van der Waals surface area contributed by atoms with E-state index < -0.39 is 6.03 Å². The number of halogens is 3. The summed E-state index contributed by atoms with van der Waals surface area (Å²) in [6.07, 6.45) is 0.659. The quantitative estimate of drug-likeness (QED) is 0.307. The van der Waals surface area contributed by atoms with E-state index in [4.69, 9.17) is 34.8 Å². The second-order valence-electron chi connectivity index (χ2n) is 6.91. The number of aromatic nitrogens is 2. The maximum atomic E-state index is 12.5. The summed E-state index contributed by atoms with van der Waals surface area (Å²) in [7, 11) is 0. The fourth-order valence-corrected chi connectivity index (χ4v) is 3.21. The lowest BCUT2D eigenvalue weighted by Crippen LogP contribution is -2.39. The van der Waals surface area contributed by atoms with Crippen LogP contribution in [0.25, 0.3) is 0 Å². The second-order valence-corrected chi connectivity index (χ2v) is 8.16. The van der Waals surface area contributed by atoms with E-state index in [0.717, 1.165) is 17.0 Å². The molecule has 0 aliphatic heterocycles. The predicted molar refractivity (Wildman–Crippen MR) is 131 cm³/mol. The Morgan fingerprint density at radius 1 is 0.906 bits per heavy atom. The summed E-state index contributed by atoms with van der Waals surface area (Å²) in [5.74, 6) is 0.545. The standard InChI is InChI=1S/C22H21Cl3N6O/c1-13-11-14(2)28-21(27-13)30-20(26-10-9-15-3-5-16(23)6-4-15)31-22(32)29-17-7-8-18(24)19(25)12-17/h3-8,11-12H,9-10H2,1-2H3,(H3,26,27,28,29,30,31,32). The lowest BCUT2D eigenvalue weighted by molar-refractivity contribution is 0.256. The van der Waals surface area contributed by atoms with Crippen molar-refractivity contribution in [3.05, 3.63) is 80.6 Å². The molecule has 3 N–H and O–H groups in total. The van der Waals surface area contributed by atoms with Crippen LogP contribution in [0.4, 0.5) is 16.4 Å². The molecule has 0 spiro atoms. The highest BCUT2D eigenvalue weighted by Gasteiger charge is 2.10. The number of aryl methyl sites for hydroxylation is 2. The maximum Gasteiger partial charge on any atom is 0.326 e. The first kappa shape index (κ1) is 23.8. The minimum absolute atomic E-state index is 0.210. The zero-order chi connectivity index (χ0) is 23.1. The lowest BCUT2D eigenvalue weighted by atomic mass is 10.1. The number of nitrogens with zero attached hydrogens (tertiary/aromatic N) is 3. The topological polar surface area (TPSA) is 91.3 Å². The van der Waals surface area contributed by atoms with E-state index in [-0.39, 0.29) is 5.96 Å². The molecule has 3 aromatic rings. The van der Waals surface area contributed by atoms with Crippen molar-refractivity contribution in [2.45, 2.75) is 20.3 Å². The largest absolute Gasteiger partial charge is 0.326 e. The Bertz CT molecular complexity index is 1110. The van der Waals surface area contributed by atoms with Gasteiger partial charge in [0.25, 0.3) is 0 Å². The van der Waals surface area contributed by atoms with Crippen molar-refractivity contribution in [2.75, 3.05) is 17.2 Å². The highest BCUT2D eigenvalue weighted by molar-refractivity contribution is 6.42. The first-order valence-electron chi connectivity index (χ1n) is 9.70. The van der Waals surface area contributed by atoms with Crippen molar-refractivity contribution in [3.63, 3.8) is 0 Å². The third kappa shape index (κ3) is 7.37. The van der Waals surface area contributed by atoms with Gasteiger partial charge in [0.15, 0.2) is 0 Å². The van der Waals surface area contributed by atoms with Crippen molar-refractivity contribution < 1.29 is 4.79 Å². The summed E-state index contributed by atoms with van der Waals surface area (Å²) in [5.41, 5.74) is 3.14. The van der Waals surface area contributed by atoms with Gasteiger partial charge in [0.05, 0.1) is 10.0 Å². The Hall–Kier alpha value is -2.87. The van der Waals surface area contributed by atoms with Crippen LogP contribution in [-0.4, -0.2) is 28.5 Å². The van der Waals surface area contributed by atoms with E-state index in [9.17, 15) is 4.79 Å². The van der Waals surface area contributed by atoms with E-state index in [0.29, 0.717) is 39.7 Å². The molecule has 0 bridgehead atoms. The monoisotopic (exact) mass is 490 g/mol. The molecule has 10 heteroatoms.